The number of anilines is 1. The van der Waals surface area contributed by atoms with Crippen LogP contribution in [0.4, 0.5) is 5.82 Å². The predicted octanol–water partition coefficient (Wildman–Crippen LogP) is 2.11. The van der Waals surface area contributed by atoms with Crippen LogP contribution >= 0.6 is 0 Å². The first-order valence-electron chi connectivity index (χ1n) is 9.28. The van der Waals surface area contributed by atoms with Crippen LogP contribution in [0.5, 0.6) is 0 Å². The number of H-pyrrole nitrogens is 1. The summed E-state index contributed by atoms with van der Waals surface area (Å²) in [7, 11) is 1.70. The lowest BCUT2D eigenvalue weighted by Crippen LogP contribution is -2.38. The number of rotatable bonds is 6. The van der Waals surface area contributed by atoms with Crippen LogP contribution in [0.2, 0.25) is 0 Å². The van der Waals surface area contributed by atoms with Crippen LogP contribution in [0.1, 0.15) is 54.3 Å². The zero-order valence-electron chi connectivity index (χ0n) is 16.3. The first-order valence-corrected chi connectivity index (χ1v) is 9.28. The van der Waals surface area contributed by atoms with Gasteiger partial charge in [-0.3, -0.25) is 19.6 Å². The van der Waals surface area contributed by atoms with Crippen LogP contribution in [-0.2, 0) is 17.8 Å². The van der Waals surface area contributed by atoms with Crippen molar-refractivity contribution in [1.29, 1.82) is 0 Å². The van der Waals surface area contributed by atoms with Crippen molar-refractivity contribution in [1.82, 2.24) is 25.1 Å². The van der Waals surface area contributed by atoms with Crippen LogP contribution < -0.4 is 4.90 Å². The number of aromatic nitrogens is 4. The molecule has 2 amide bonds. The van der Waals surface area contributed by atoms with Gasteiger partial charge in [0.15, 0.2) is 0 Å². The molecule has 0 radical (unpaired) electrons. The number of fused-ring (bicyclic) bond motifs is 1. The molecular weight excluding hydrogens is 344 g/mol. The van der Waals surface area contributed by atoms with Gasteiger partial charge in [-0.15, -0.1) is 0 Å². The van der Waals surface area contributed by atoms with Crippen molar-refractivity contribution in [3.63, 3.8) is 0 Å². The normalized spacial score (nSPS) is 13.8. The van der Waals surface area contributed by atoms with Gasteiger partial charge < -0.3 is 4.90 Å². The maximum atomic E-state index is 12.5. The number of nitrogens with one attached hydrogen (secondary N) is 1. The SMILES string of the molecule is Cc1nc(CN(C)C(=O)c2ccn[nH]2)nc2c1CCC(=O)N2CCC(C)C. The summed E-state index contributed by atoms with van der Waals surface area (Å²) in [4.78, 5) is 37.4. The summed E-state index contributed by atoms with van der Waals surface area (Å²) in [5.41, 5.74) is 2.32. The fourth-order valence-corrected chi connectivity index (χ4v) is 3.19. The molecule has 3 heterocycles. The highest BCUT2D eigenvalue weighted by Gasteiger charge is 2.28. The molecule has 0 aromatic carbocycles. The van der Waals surface area contributed by atoms with Gasteiger partial charge in [0.2, 0.25) is 5.91 Å². The second-order valence-corrected chi connectivity index (χ2v) is 7.39. The summed E-state index contributed by atoms with van der Waals surface area (Å²) >= 11 is 0. The summed E-state index contributed by atoms with van der Waals surface area (Å²) in [6.07, 6.45) is 3.62. The molecule has 8 nitrogen and oxygen atoms in total. The predicted molar refractivity (Wildman–Crippen MR) is 101 cm³/mol. The molecule has 0 spiro atoms. The summed E-state index contributed by atoms with van der Waals surface area (Å²) in [5, 5.41) is 6.48. The Hall–Kier alpha value is -2.77. The van der Waals surface area contributed by atoms with Crippen LogP contribution in [0, 0.1) is 12.8 Å². The number of carbonyl (C=O) groups excluding carboxylic acids is 2. The van der Waals surface area contributed by atoms with Crippen molar-refractivity contribution in [3.05, 3.63) is 35.0 Å². The largest absolute Gasteiger partial charge is 0.333 e. The van der Waals surface area contributed by atoms with E-state index in [-0.39, 0.29) is 18.4 Å². The van der Waals surface area contributed by atoms with Crippen molar-refractivity contribution in [2.24, 2.45) is 5.92 Å². The minimum Gasteiger partial charge on any atom is -0.333 e. The third-order valence-electron chi connectivity index (χ3n) is 4.77. The topological polar surface area (TPSA) is 95.1 Å². The number of hydrogen-bond donors (Lipinski definition) is 1. The molecule has 0 bridgehead atoms. The fraction of sp³-hybridized carbons (Fsp3) is 0.526. The third kappa shape index (κ3) is 4.15. The molecule has 0 saturated heterocycles. The third-order valence-corrected chi connectivity index (χ3v) is 4.77. The Morgan fingerprint density at radius 1 is 1.33 bits per heavy atom. The molecule has 8 heteroatoms. The lowest BCUT2D eigenvalue weighted by atomic mass is 10.0. The zero-order valence-corrected chi connectivity index (χ0v) is 16.3. The molecule has 27 heavy (non-hydrogen) atoms. The van der Waals surface area contributed by atoms with E-state index >= 15 is 0 Å². The molecule has 0 fully saturated rings. The first kappa shape index (κ1) is 19.0. The molecule has 1 aliphatic heterocycles. The second-order valence-electron chi connectivity index (χ2n) is 7.39. The van der Waals surface area contributed by atoms with E-state index in [1.807, 2.05) is 6.92 Å². The van der Waals surface area contributed by atoms with Gasteiger partial charge in [0.25, 0.3) is 5.91 Å². The molecule has 1 N–H and O–H groups in total. The number of carbonyl (C=O) groups is 2. The highest BCUT2D eigenvalue weighted by Crippen LogP contribution is 2.28. The van der Waals surface area contributed by atoms with Gasteiger partial charge in [-0.25, -0.2) is 9.97 Å². The number of hydrogen-bond acceptors (Lipinski definition) is 5. The van der Waals surface area contributed by atoms with Gasteiger partial charge in [0.05, 0.1) is 6.54 Å². The lowest BCUT2D eigenvalue weighted by Gasteiger charge is -2.30. The first-order chi connectivity index (χ1) is 12.9. The molecule has 0 atom stereocenters. The van der Waals surface area contributed by atoms with E-state index in [1.165, 1.54) is 4.90 Å². The number of nitrogens with zero attached hydrogens (tertiary/aromatic N) is 5. The standard InChI is InChI=1S/C19H26N6O2/c1-12(2)8-10-25-17(26)6-5-14-13(3)21-16(22-18(14)25)11-24(4)19(27)15-7-9-20-23-15/h7,9,12H,5-6,8,10-11H2,1-4H3,(H,20,23). The Morgan fingerprint density at radius 3 is 2.78 bits per heavy atom. The smallest absolute Gasteiger partial charge is 0.272 e. The summed E-state index contributed by atoms with van der Waals surface area (Å²) in [6, 6.07) is 1.63. The molecular formula is C19H26N6O2. The zero-order chi connectivity index (χ0) is 19.6. The van der Waals surface area contributed by atoms with Crippen molar-refractivity contribution in [2.45, 2.75) is 46.6 Å². The summed E-state index contributed by atoms with van der Waals surface area (Å²) in [6.45, 7) is 7.14. The van der Waals surface area contributed by atoms with Crippen molar-refractivity contribution in [2.75, 3.05) is 18.5 Å². The van der Waals surface area contributed by atoms with E-state index in [9.17, 15) is 9.59 Å². The molecule has 0 saturated carbocycles. The van der Waals surface area contributed by atoms with Crippen molar-refractivity contribution < 1.29 is 9.59 Å². The molecule has 144 valence electrons. The Morgan fingerprint density at radius 2 is 2.11 bits per heavy atom. The number of aryl methyl sites for hydroxylation is 1. The Kier molecular flexibility index (Phi) is 5.53. The van der Waals surface area contributed by atoms with Crippen molar-refractivity contribution in [3.8, 4) is 0 Å². The van der Waals surface area contributed by atoms with Crippen LogP contribution in [0.25, 0.3) is 0 Å². The quantitative estimate of drug-likeness (QED) is 0.840. The molecule has 3 rings (SSSR count). The van der Waals surface area contributed by atoms with E-state index in [4.69, 9.17) is 0 Å². The van der Waals surface area contributed by atoms with Gasteiger partial charge in [-0.2, -0.15) is 5.10 Å². The molecule has 0 aliphatic carbocycles. The van der Waals surface area contributed by atoms with Gasteiger partial charge in [0.1, 0.15) is 17.3 Å². The fourth-order valence-electron chi connectivity index (χ4n) is 3.19. The second kappa shape index (κ2) is 7.85. The van der Waals surface area contributed by atoms with Crippen LogP contribution in [0.3, 0.4) is 0 Å². The van der Waals surface area contributed by atoms with Gasteiger partial charge in [-0.05, 0) is 31.7 Å². The highest BCUT2D eigenvalue weighted by atomic mass is 16.2. The van der Waals surface area contributed by atoms with E-state index in [2.05, 4.69) is 34.0 Å². The molecule has 0 unspecified atom stereocenters. The lowest BCUT2D eigenvalue weighted by molar-refractivity contribution is -0.119. The number of amides is 2. The van der Waals surface area contributed by atoms with E-state index in [0.29, 0.717) is 42.6 Å². The van der Waals surface area contributed by atoms with Gasteiger partial charge in [-0.1, -0.05) is 13.8 Å². The molecule has 2 aromatic rings. The van der Waals surface area contributed by atoms with Crippen LogP contribution in [0.15, 0.2) is 12.3 Å². The monoisotopic (exact) mass is 370 g/mol. The molecule has 1 aliphatic rings. The maximum absolute atomic E-state index is 12.5. The Bertz CT molecular complexity index is 831. The Labute approximate surface area is 159 Å². The average Bonchev–Trinajstić information content (AvgIpc) is 3.14. The minimum absolute atomic E-state index is 0.106. The van der Waals surface area contributed by atoms with E-state index in [0.717, 1.165) is 17.7 Å². The highest BCUT2D eigenvalue weighted by molar-refractivity contribution is 5.95. The maximum Gasteiger partial charge on any atom is 0.272 e. The summed E-state index contributed by atoms with van der Waals surface area (Å²) in [5.74, 6) is 1.67. The van der Waals surface area contributed by atoms with Crippen LogP contribution in [-0.4, -0.2) is 50.5 Å². The van der Waals surface area contributed by atoms with Gasteiger partial charge >= 0.3 is 0 Å². The number of aromatic amines is 1. The van der Waals surface area contributed by atoms with E-state index < -0.39 is 0 Å². The van der Waals surface area contributed by atoms with Gasteiger partial charge in [0, 0.05) is 37.5 Å². The van der Waals surface area contributed by atoms with E-state index in [1.54, 1.807) is 24.2 Å². The minimum atomic E-state index is -0.181. The molecule has 2 aromatic heterocycles. The Balaban J connectivity index is 1.85. The summed E-state index contributed by atoms with van der Waals surface area (Å²) < 4.78 is 0. The van der Waals surface area contributed by atoms with Crippen molar-refractivity contribution >= 4 is 17.6 Å². The average molecular weight is 370 g/mol.